The predicted octanol–water partition coefficient (Wildman–Crippen LogP) is 4.59. The van der Waals surface area contributed by atoms with Gasteiger partial charge in [-0.2, -0.15) is 5.26 Å². The van der Waals surface area contributed by atoms with Crippen LogP contribution in [0.5, 0.6) is 5.75 Å². The summed E-state index contributed by atoms with van der Waals surface area (Å²) >= 11 is 0. The van der Waals surface area contributed by atoms with Gasteiger partial charge in [0.1, 0.15) is 5.75 Å². The van der Waals surface area contributed by atoms with Crippen molar-refractivity contribution in [2.24, 2.45) is 0 Å². The average Bonchev–Trinajstić information content (AvgIpc) is 2.55. The van der Waals surface area contributed by atoms with Crippen LogP contribution in [0.1, 0.15) is 52.9 Å². The van der Waals surface area contributed by atoms with Crippen LogP contribution in [-0.4, -0.2) is 10.9 Å². The van der Waals surface area contributed by atoms with Gasteiger partial charge in [0.05, 0.1) is 17.2 Å². The molecule has 0 heterocycles. The van der Waals surface area contributed by atoms with E-state index in [9.17, 15) is 9.90 Å². The number of nitriles is 1. The van der Waals surface area contributed by atoms with E-state index in [0.717, 1.165) is 23.1 Å². The van der Waals surface area contributed by atoms with Gasteiger partial charge < -0.3 is 5.11 Å². The average molecular weight is 305 g/mol. The van der Waals surface area contributed by atoms with E-state index in [1.165, 1.54) is 6.92 Å². The first-order chi connectivity index (χ1) is 11.1. The van der Waals surface area contributed by atoms with E-state index in [2.05, 4.69) is 6.07 Å². The van der Waals surface area contributed by atoms with Gasteiger partial charge in [0, 0.05) is 5.56 Å². The fourth-order valence-corrected chi connectivity index (χ4v) is 2.46. The normalized spacial score (nSPS) is 10.7. The summed E-state index contributed by atoms with van der Waals surface area (Å²) in [5.74, 6) is -0.0520. The molecule has 1 N–H and O–H groups in total. The summed E-state index contributed by atoms with van der Waals surface area (Å²) in [5, 5.41) is 19.2. The van der Waals surface area contributed by atoms with E-state index in [4.69, 9.17) is 5.26 Å². The SMILES string of the molecule is CCCc1c(/C=C/c2ccc(C#N)cc2)ccc(C(C)=O)c1O. The molecule has 0 atom stereocenters. The third-order valence-electron chi connectivity index (χ3n) is 3.69. The molecule has 0 amide bonds. The van der Waals surface area contributed by atoms with Gasteiger partial charge in [0.25, 0.3) is 0 Å². The molecule has 0 unspecified atom stereocenters. The van der Waals surface area contributed by atoms with Gasteiger partial charge in [-0.25, -0.2) is 0 Å². The number of carbonyl (C=O) groups is 1. The third-order valence-corrected chi connectivity index (χ3v) is 3.69. The molecule has 23 heavy (non-hydrogen) atoms. The molecule has 0 radical (unpaired) electrons. The van der Waals surface area contributed by atoms with Crippen LogP contribution in [0.2, 0.25) is 0 Å². The summed E-state index contributed by atoms with van der Waals surface area (Å²) in [5.41, 5.74) is 3.66. The monoisotopic (exact) mass is 305 g/mol. The minimum absolute atomic E-state index is 0.0846. The molecule has 3 nitrogen and oxygen atoms in total. The number of aromatic hydroxyl groups is 1. The van der Waals surface area contributed by atoms with Crippen molar-refractivity contribution in [1.82, 2.24) is 0 Å². The molecule has 3 heteroatoms. The molecule has 0 aliphatic carbocycles. The summed E-state index contributed by atoms with van der Waals surface area (Å²) in [6, 6.07) is 12.9. The molecular weight excluding hydrogens is 286 g/mol. The third kappa shape index (κ3) is 3.87. The fraction of sp³-hybridized carbons (Fsp3) is 0.200. The first-order valence-electron chi connectivity index (χ1n) is 7.60. The number of hydrogen-bond acceptors (Lipinski definition) is 3. The van der Waals surface area contributed by atoms with E-state index in [-0.39, 0.29) is 11.5 Å². The van der Waals surface area contributed by atoms with Crippen LogP contribution < -0.4 is 0 Å². The lowest BCUT2D eigenvalue weighted by atomic mass is 9.96. The van der Waals surface area contributed by atoms with Crippen molar-refractivity contribution >= 4 is 17.9 Å². The highest BCUT2D eigenvalue weighted by molar-refractivity contribution is 5.97. The van der Waals surface area contributed by atoms with Gasteiger partial charge in [0.15, 0.2) is 5.78 Å². The zero-order valence-electron chi connectivity index (χ0n) is 13.3. The number of nitrogens with zero attached hydrogens (tertiary/aromatic N) is 1. The van der Waals surface area contributed by atoms with E-state index >= 15 is 0 Å². The van der Waals surface area contributed by atoms with Crippen LogP contribution in [0.4, 0.5) is 0 Å². The maximum Gasteiger partial charge on any atom is 0.163 e. The number of benzene rings is 2. The van der Waals surface area contributed by atoms with Crippen molar-refractivity contribution in [3.8, 4) is 11.8 Å². The number of carbonyl (C=O) groups excluding carboxylic acids is 1. The molecule has 0 saturated heterocycles. The van der Waals surface area contributed by atoms with Crippen molar-refractivity contribution in [2.45, 2.75) is 26.7 Å². The Morgan fingerprint density at radius 3 is 2.43 bits per heavy atom. The molecule has 0 saturated carbocycles. The summed E-state index contributed by atoms with van der Waals surface area (Å²) in [6.07, 6.45) is 5.45. The molecule has 2 aromatic rings. The number of phenolic OH excluding ortho intramolecular Hbond substituents is 1. The summed E-state index contributed by atoms with van der Waals surface area (Å²) < 4.78 is 0. The zero-order valence-corrected chi connectivity index (χ0v) is 13.3. The second-order valence-electron chi connectivity index (χ2n) is 5.40. The van der Waals surface area contributed by atoms with Crippen molar-refractivity contribution in [1.29, 1.82) is 5.26 Å². The van der Waals surface area contributed by atoms with Crippen LogP contribution in [0, 0.1) is 11.3 Å². The Bertz CT molecular complexity index is 781. The van der Waals surface area contributed by atoms with Gasteiger partial charge in [-0.15, -0.1) is 0 Å². The Hall–Kier alpha value is -2.86. The largest absolute Gasteiger partial charge is 0.507 e. The molecule has 2 rings (SSSR count). The summed E-state index contributed by atoms with van der Waals surface area (Å²) in [7, 11) is 0. The molecule has 0 aromatic heterocycles. The summed E-state index contributed by atoms with van der Waals surface area (Å²) in [6.45, 7) is 3.49. The lowest BCUT2D eigenvalue weighted by Crippen LogP contribution is -1.98. The molecule has 0 fully saturated rings. The maximum atomic E-state index is 11.6. The lowest BCUT2D eigenvalue weighted by molar-refractivity contribution is 0.101. The topological polar surface area (TPSA) is 61.1 Å². The first kappa shape index (κ1) is 16.5. The molecule has 0 aliphatic heterocycles. The van der Waals surface area contributed by atoms with Crippen molar-refractivity contribution in [2.75, 3.05) is 0 Å². The van der Waals surface area contributed by atoms with Crippen LogP contribution in [0.25, 0.3) is 12.2 Å². The highest BCUT2D eigenvalue weighted by Crippen LogP contribution is 2.29. The molecule has 0 bridgehead atoms. The van der Waals surface area contributed by atoms with Gasteiger partial charge in [-0.05, 0) is 42.7 Å². The van der Waals surface area contributed by atoms with Crippen LogP contribution in [0.15, 0.2) is 36.4 Å². The zero-order chi connectivity index (χ0) is 16.8. The minimum Gasteiger partial charge on any atom is -0.507 e. The second kappa shape index (κ2) is 7.42. The number of phenols is 1. The smallest absolute Gasteiger partial charge is 0.163 e. The van der Waals surface area contributed by atoms with Gasteiger partial charge in [-0.3, -0.25) is 4.79 Å². The lowest BCUT2D eigenvalue weighted by Gasteiger charge is -2.11. The van der Waals surface area contributed by atoms with E-state index < -0.39 is 0 Å². The molecule has 0 aliphatic rings. The van der Waals surface area contributed by atoms with Crippen molar-refractivity contribution in [3.63, 3.8) is 0 Å². The van der Waals surface area contributed by atoms with Gasteiger partial charge >= 0.3 is 0 Å². The number of hydrogen-bond donors (Lipinski definition) is 1. The molecular formula is C20H19NO2. The predicted molar refractivity (Wildman–Crippen MR) is 92.2 cm³/mol. The molecule has 0 spiro atoms. The fourth-order valence-electron chi connectivity index (χ4n) is 2.46. The Kier molecular flexibility index (Phi) is 5.32. The van der Waals surface area contributed by atoms with Gasteiger partial charge in [-0.1, -0.05) is 43.7 Å². The molecule has 116 valence electrons. The second-order valence-corrected chi connectivity index (χ2v) is 5.40. The Morgan fingerprint density at radius 2 is 1.87 bits per heavy atom. The van der Waals surface area contributed by atoms with E-state index in [0.29, 0.717) is 17.5 Å². The number of rotatable bonds is 5. The number of ketones is 1. The van der Waals surface area contributed by atoms with E-state index in [1.807, 2.05) is 37.3 Å². The molecule has 2 aromatic carbocycles. The Balaban J connectivity index is 2.38. The Labute approximate surface area is 136 Å². The minimum atomic E-state index is -0.137. The van der Waals surface area contributed by atoms with Crippen LogP contribution >= 0.6 is 0 Å². The summed E-state index contributed by atoms with van der Waals surface area (Å²) in [4.78, 5) is 11.6. The van der Waals surface area contributed by atoms with Crippen LogP contribution in [0.3, 0.4) is 0 Å². The standard InChI is InChI=1S/C20H19NO2/c1-3-4-19-17(11-12-18(14(2)22)20(19)23)10-9-15-5-7-16(13-21)8-6-15/h5-12,23H,3-4H2,1-2H3/b10-9+. The van der Waals surface area contributed by atoms with Crippen LogP contribution in [-0.2, 0) is 6.42 Å². The van der Waals surface area contributed by atoms with Crippen molar-refractivity contribution < 1.29 is 9.90 Å². The highest BCUT2D eigenvalue weighted by atomic mass is 16.3. The van der Waals surface area contributed by atoms with Crippen molar-refractivity contribution in [3.05, 3.63) is 64.2 Å². The van der Waals surface area contributed by atoms with Gasteiger partial charge in [0.2, 0.25) is 0 Å². The first-order valence-corrected chi connectivity index (χ1v) is 7.60. The maximum absolute atomic E-state index is 11.6. The quantitative estimate of drug-likeness (QED) is 0.649. The van der Waals surface area contributed by atoms with E-state index in [1.54, 1.807) is 18.2 Å². The number of Topliss-reactive ketones (excluding diaryl/α,β-unsaturated/α-hetero) is 1. The highest BCUT2D eigenvalue weighted by Gasteiger charge is 2.13. The Morgan fingerprint density at radius 1 is 1.17 bits per heavy atom.